The van der Waals surface area contributed by atoms with Gasteiger partial charge in [-0.1, -0.05) is 45.7 Å². The van der Waals surface area contributed by atoms with Crippen LogP contribution in [-0.2, 0) is 14.4 Å². The normalized spacial score (nSPS) is 14.6. The molecule has 0 aliphatic heterocycles. The molecule has 7 N–H and O–H groups in total. The summed E-state index contributed by atoms with van der Waals surface area (Å²) in [6.07, 6.45) is -0.0273. The van der Waals surface area contributed by atoms with Crippen LogP contribution in [0.3, 0.4) is 0 Å². The van der Waals surface area contributed by atoms with E-state index >= 15 is 0 Å². The SMILES string of the molecule is CC[C@H](C)[C@H](NC(=O)[C@H](CC(N)=O)NC(=O)c1ccc(Cl)cc1OC[C@@H](N)C(C)C)C(=O)O. The number of carbonyl (C=O) groups excluding carboxylic acids is 3. The summed E-state index contributed by atoms with van der Waals surface area (Å²) in [5.74, 6) is -3.73. The minimum atomic E-state index is -1.39. The molecule has 184 valence electrons. The summed E-state index contributed by atoms with van der Waals surface area (Å²) >= 11 is 6.03. The summed E-state index contributed by atoms with van der Waals surface area (Å²) in [4.78, 5) is 48.7. The lowest BCUT2D eigenvalue weighted by atomic mass is 9.98. The number of amides is 3. The van der Waals surface area contributed by atoms with Gasteiger partial charge in [0.15, 0.2) is 0 Å². The maximum atomic E-state index is 12.9. The largest absolute Gasteiger partial charge is 0.491 e. The zero-order valence-electron chi connectivity index (χ0n) is 19.3. The third-order valence-electron chi connectivity index (χ3n) is 5.28. The number of carboxylic acids is 1. The van der Waals surface area contributed by atoms with Crippen LogP contribution >= 0.6 is 11.6 Å². The average Bonchev–Trinajstić information content (AvgIpc) is 2.73. The quantitative estimate of drug-likeness (QED) is 0.280. The fraction of sp³-hybridized carbons (Fsp3) is 0.545. The van der Waals surface area contributed by atoms with Crippen molar-refractivity contribution in [2.24, 2.45) is 23.3 Å². The molecule has 1 rings (SSSR count). The molecule has 0 aromatic heterocycles. The van der Waals surface area contributed by atoms with E-state index in [4.69, 9.17) is 27.8 Å². The molecule has 33 heavy (non-hydrogen) atoms. The summed E-state index contributed by atoms with van der Waals surface area (Å²) in [6.45, 7) is 7.42. The molecule has 0 saturated carbocycles. The van der Waals surface area contributed by atoms with Crippen molar-refractivity contribution >= 4 is 35.3 Å². The number of carboxylic acid groups (broad SMARTS) is 1. The molecule has 0 bridgehead atoms. The Balaban J connectivity index is 3.10. The fourth-order valence-corrected chi connectivity index (χ4v) is 2.93. The highest BCUT2D eigenvalue weighted by Crippen LogP contribution is 2.24. The van der Waals surface area contributed by atoms with Crippen molar-refractivity contribution in [2.45, 2.75) is 58.7 Å². The summed E-state index contributed by atoms with van der Waals surface area (Å²) in [5.41, 5.74) is 11.3. The number of hydrogen-bond donors (Lipinski definition) is 5. The first-order valence-electron chi connectivity index (χ1n) is 10.7. The Hall–Kier alpha value is -2.85. The lowest BCUT2D eigenvalue weighted by Gasteiger charge is -2.24. The highest BCUT2D eigenvalue weighted by atomic mass is 35.5. The van der Waals surface area contributed by atoms with Crippen molar-refractivity contribution in [3.63, 3.8) is 0 Å². The van der Waals surface area contributed by atoms with Gasteiger partial charge in [0.25, 0.3) is 5.91 Å². The predicted molar refractivity (Wildman–Crippen MR) is 124 cm³/mol. The summed E-state index contributed by atoms with van der Waals surface area (Å²) in [7, 11) is 0. The van der Waals surface area contributed by atoms with Gasteiger partial charge >= 0.3 is 5.97 Å². The summed E-state index contributed by atoms with van der Waals surface area (Å²) in [6, 6.07) is 1.45. The van der Waals surface area contributed by atoms with E-state index in [1.807, 2.05) is 13.8 Å². The van der Waals surface area contributed by atoms with Crippen molar-refractivity contribution in [1.29, 1.82) is 0 Å². The number of nitrogens with one attached hydrogen (secondary N) is 2. The van der Waals surface area contributed by atoms with Crippen molar-refractivity contribution in [2.75, 3.05) is 6.61 Å². The van der Waals surface area contributed by atoms with Gasteiger partial charge in [-0.25, -0.2) is 4.79 Å². The third kappa shape index (κ3) is 8.89. The number of nitrogens with two attached hydrogens (primary N) is 2. The topological polar surface area (TPSA) is 174 Å². The lowest BCUT2D eigenvalue weighted by molar-refractivity contribution is -0.143. The van der Waals surface area contributed by atoms with Gasteiger partial charge in [-0.05, 0) is 30.0 Å². The average molecular weight is 485 g/mol. The number of hydrogen-bond acceptors (Lipinski definition) is 6. The van der Waals surface area contributed by atoms with Gasteiger partial charge < -0.3 is 31.9 Å². The molecule has 0 aliphatic carbocycles. The second-order valence-electron chi connectivity index (χ2n) is 8.27. The molecule has 0 spiro atoms. The van der Waals surface area contributed by atoms with E-state index in [1.165, 1.54) is 18.2 Å². The van der Waals surface area contributed by atoms with Gasteiger partial charge in [0.2, 0.25) is 11.8 Å². The van der Waals surface area contributed by atoms with E-state index < -0.39 is 42.2 Å². The molecule has 0 radical (unpaired) electrons. The summed E-state index contributed by atoms with van der Waals surface area (Å²) in [5, 5.41) is 14.6. The van der Waals surface area contributed by atoms with Crippen LogP contribution in [-0.4, -0.2) is 53.5 Å². The first-order chi connectivity index (χ1) is 15.4. The maximum Gasteiger partial charge on any atom is 0.326 e. The molecular formula is C22H33ClN4O6. The summed E-state index contributed by atoms with van der Waals surface area (Å²) < 4.78 is 5.69. The Morgan fingerprint density at radius 2 is 1.79 bits per heavy atom. The van der Waals surface area contributed by atoms with Crippen LogP contribution in [0.2, 0.25) is 5.02 Å². The molecular weight excluding hydrogens is 452 g/mol. The van der Waals surface area contributed by atoms with E-state index in [9.17, 15) is 24.3 Å². The van der Waals surface area contributed by atoms with Gasteiger partial charge in [-0.15, -0.1) is 0 Å². The van der Waals surface area contributed by atoms with Crippen LogP contribution in [0.5, 0.6) is 5.75 Å². The molecule has 0 unspecified atom stereocenters. The molecule has 0 heterocycles. The van der Waals surface area contributed by atoms with Crippen LogP contribution in [0, 0.1) is 11.8 Å². The number of rotatable bonds is 13. The Morgan fingerprint density at radius 1 is 1.15 bits per heavy atom. The Bertz CT molecular complexity index is 863. The standard InChI is InChI=1S/C22H33ClN4O6/c1-5-12(4)19(22(31)32)27-21(30)16(9-18(25)28)26-20(29)14-7-6-13(23)8-17(14)33-10-15(24)11(2)3/h6-8,11-12,15-16,19H,5,9-10,24H2,1-4H3,(H2,25,28)(H,26,29)(H,27,30)(H,31,32)/t12-,15+,16-,19-/m0/s1. The van der Waals surface area contributed by atoms with Crippen LogP contribution in [0.4, 0.5) is 0 Å². The number of carbonyl (C=O) groups is 4. The third-order valence-corrected chi connectivity index (χ3v) is 5.51. The van der Waals surface area contributed by atoms with Crippen LogP contribution in [0.25, 0.3) is 0 Å². The van der Waals surface area contributed by atoms with Gasteiger partial charge in [0.1, 0.15) is 24.4 Å². The Kier molecular flexibility index (Phi) is 11.1. The molecule has 1 aromatic rings. The number of primary amides is 1. The van der Waals surface area contributed by atoms with E-state index in [-0.39, 0.29) is 35.8 Å². The monoisotopic (exact) mass is 484 g/mol. The van der Waals surface area contributed by atoms with Gasteiger partial charge in [0, 0.05) is 11.1 Å². The highest BCUT2D eigenvalue weighted by Gasteiger charge is 2.31. The number of aliphatic carboxylic acids is 1. The zero-order valence-corrected chi connectivity index (χ0v) is 20.0. The van der Waals surface area contributed by atoms with Crippen molar-refractivity contribution < 1.29 is 29.0 Å². The van der Waals surface area contributed by atoms with Crippen molar-refractivity contribution in [3.05, 3.63) is 28.8 Å². The van der Waals surface area contributed by atoms with Gasteiger partial charge in [-0.3, -0.25) is 14.4 Å². The molecule has 3 amide bonds. The van der Waals surface area contributed by atoms with E-state index in [1.54, 1.807) is 13.8 Å². The van der Waals surface area contributed by atoms with E-state index in [2.05, 4.69) is 10.6 Å². The lowest BCUT2D eigenvalue weighted by Crippen LogP contribution is -2.54. The number of halogens is 1. The molecule has 1 aromatic carbocycles. The Morgan fingerprint density at radius 3 is 2.30 bits per heavy atom. The molecule has 4 atom stereocenters. The second-order valence-corrected chi connectivity index (χ2v) is 8.70. The highest BCUT2D eigenvalue weighted by molar-refractivity contribution is 6.30. The maximum absolute atomic E-state index is 12.9. The minimum Gasteiger partial charge on any atom is -0.491 e. The van der Waals surface area contributed by atoms with E-state index in [0.29, 0.717) is 11.4 Å². The smallest absolute Gasteiger partial charge is 0.326 e. The number of ether oxygens (including phenoxy) is 1. The first-order valence-corrected chi connectivity index (χ1v) is 11.0. The molecule has 0 saturated heterocycles. The Labute approximate surface area is 198 Å². The van der Waals surface area contributed by atoms with Crippen molar-refractivity contribution in [1.82, 2.24) is 10.6 Å². The van der Waals surface area contributed by atoms with Gasteiger partial charge in [-0.2, -0.15) is 0 Å². The molecule has 10 nitrogen and oxygen atoms in total. The molecule has 0 fully saturated rings. The van der Waals surface area contributed by atoms with Crippen LogP contribution in [0.1, 0.15) is 50.9 Å². The number of benzene rings is 1. The first kappa shape index (κ1) is 28.2. The minimum absolute atomic E-state index is 0.0642. The van der Waals surface area contributed by atoms with E-state index in [0.717, 1.165) is 0 Å². The predicted octanol–water partition coefficient (Wildman–Crippen LogP) is 1.29. The fourth-order valence-electron chi connectivity index (χ4n) is 2.77. The van der Waals surface area contributed by atoms with Gasteiger partial charge in [0.05, 0.1) is 12.0 Å². The zero-order chi connectivity index (χ0) is 25.3. The van der Waals surface area contributed by atoms with Crippen LogP contribution < -0.4 is 26.8 Å². The second kappa shape index (κ2) is 13.0. The molecule has 0 aliphatic rings. The van der Waals surface area contributed by atoms with Crippen LogP contribution in [0.15, 0.2) is 18.2 Å². The van der Waals surface area contributed by atoms with Crippen molar-refractivity contribution in [3.8, 4) is 5.75 Å². The molecule has 11 heteroatoms.